The highest BCUT2D eigenvalue weighted by Crippen LogP contribution is 2.37. The summed E-state index contributed by atoms with van der Waals surface area (Å²) in [5.74, 6) is 5.46. The van der Waals surface area contributed by atoms with Crippen molar-refractivity contribution in [2.75, 3.05) is 19.7 Å². The lowest BCUT2D eigenvalue weighted by molar-refractivity contribution is -0.134. The first kappa shape index (κ1) is 19.8. The van der Waals surface area contributed by atoms with Gasteiger partial charge in [0.05, 0.1) is 18.3 Å². The van der Waals surface area contributed by atoms with Crippen LogP contribution in [0.4, 0.5) is 0 Å². The van der Waals surface area contributed by atoms with Gasteiger partial charge in [0, 0.05) is 22.9 Å². The van der Waals surface area contributed by atoms with E-state index in [0.29, 0.717) is 25.6 Å². The zero-order chi connectivity index (χ0) is 21.2. The molecule has 2 aliphatic rings. The minimum absolute atomic E-state index is 0.216. The molecule has 1 aromatic heterocycles. The monoisotopic (exact) mass is 416 g/mol. The highest BCUT2D eigenvalue weighted by atomic mass is 16.5. The minimum atomic E-state index is -0.379. The van der Waals surface area contributed by atoms with Crippen LogP contribution in [0.15, 0.2) is 41.0 Å². The summed E-state index contributed by atoms with van der Waals surface area (Å²) in [5, 5.41) is 8.75. The van der Waals surface area contributed by atoms with Crippen molar-refractivity contribution >= 4 is 33.6 Å². The van der Waals surface area contributed by atoms with E-state index in [9.17, 15) is 9.59 Å². The molecule has 3 aromatic rings. The first-order valence-electron chi connectivity index (χ1n) is 10.8. The number of furan rings is 1. The number of fused-ring (bicyclic) bond motifs is 3. The highest BCUT2D eigenvalue weighted by molar-refractivity contribution is 6.10. The second-order valence-corrected chi connectivity index (χ2v) is 8.13. The molecule has 2 amide bonds. The van der Waals surface area contributed by atoms with Gasteiger partial charge in [-0.15, -0.1) is 0 Å². The summed E-state index contributed by atoms with van der Waals surface area (Å²) in [6.07, 6.45) is 4.85. The first-order chi connectivity index (χ1) is 15.2. The van der Waals surface area contributed by atoms with Crippen LogP contribution in [0.25, 0.3) is 21.7 Å². The standard InChI is InChI=1S/C25H24N2O4/c28-23-8-6-20(25(29)27-23)21-15-31-22-7-4-17-14-16(3-5-19(17)24(21)22)2-1-13-30-18-9-11-26-12-10-18/h3-5,7,14-15,18,20,26H,6,8-13H2,(H,27,28,29). The molecule has 6 nitrogen and oxygen atoms in total. The van der Waals surface area contributed by atoms with Crippen molar-refractivity contribution in [2.24, 2.45) is 0 Å². The fourth-order valence-corrected chi connectivity index (χ4v) is 4.48. The van der Waals surface area contributed by atoms with Gasteiger partial charge in [-0.2, -0.15) is 0 Å². The normalized spacial score (nSPS) is 19.9. The Labute approximate surface area is 180 Å². The molecular formula is C25H24N2O4. The van der Waals surface area contributed by atoms with Crippen LogP contribution in [0.3, 0.4) is 0 Å². The van der Waals surface area contributed by atoms with Gasteiger partial charge in [-0.1, -0.05) is 24.0 Å². The number of benzene rings is 2. The lowest BCUT2D eigenvalue weighted by Gasteiger charge is -2.21. The van der Waals surface area contributed by atoms with Crippen LogP contribution < -0.4 is 10.6 Å². The van der Waals surface area contributed by atoms with Gasteiger partial charge in [0.15, 0.2) is 0 Å². The van der Waals surface area contributed by atoms with Crippen LogP contribution in [0.2, 0.25) is 0 Å². The summed E-state index contributed by atoms with van der Waals surface area (Å²) in [6.45, 7) is 2.45. The SMILES string of the molecule is O=C1CCC(c2coc3ccc4cc(C#CCOC5CCNCC5)ccc4c23)C(=O)N1. The van der Waals surface area contributed by atoms with E-state index < -0.39 is 0 Å². The molecule has 0 spiro atoms. The van der Waals surface area contributed by atoms with Crippen molar-refractivity contribution < 1.29 is 18.7 Å². The van der Waals surface area contributed by atoms with E-state index in [1.807, 2.05) is 30.3 Å². The Kier molecular flexibility index (Phi) is 5.46. The van der Waals surface area contributed by atoms with Crippen LogP contribution >= 0.6 is 0 Å². The van der Waals surface area contributed by atoms with Crippen LogP contribution in [-0.2, 0) is 14.3 Å². The van der Waals surface area contributed by atoms with Gasteiger partial charge in [0.1, 0.15) is 12.2 Å². The van der Waals surface area contributed by atoms with Gasteiger partial charge in [0.25, 0.3) is 0 Å². The number of carbonyl (C=O) groups is 2. The molecule has 0 saturated carbocycles. The number of hydrogen-bond acceptors (Lipinski definition) is 5. The lowest BCUT2D eigenvalue weighted by atomic mass is 9.88. The largest absolute Gasteiger partial charge is 0.464 e. The van der Waals surface area contributed by atoms with Crippen LogP contribution in [0.1, 0.15) is 42.7 Å². The molecule has 2 N–H and O–H groups in total. The third kappa shape index (κ3) is 4.07. The molecule has 2 fully saturated rings. The maximum atomic E-state index is 12.4. The number of ether oxygens (including phenoxy) is 1. The summed E-state index contributed by atoms with van der Waals surface area (Å²) in [5.41, 5.74) is 2.49. The molecular weight excluding hydrogens is 392 g/mol. The van der Waals surface area contributed by atoms with E-state index in [1.165, 1.54) is 0 Å². The first-order valence-corrected chi connectivity index (χ1v) is 10.8. The summed E-state index contributed by atoms with van der Waals surface area (Å²) < 4.78 is 11.6. The predicted molar refractivity (Wildman–Crippen MR) is 118 cm³/mol. The summed E-state index contributed by atoms with van der Waals surface area (Å²) in [4.78, 5) is 23.9. The fourth-order valence-electron chi connectivity index (χ4n) is 4.48. The highest BCUT2D eigenvalue weighted by Gasteiger charge is 2.30. The second kappa shape index (κ2) is 8.54. The molecule has 31 heavy (non-hydrogen) atoms. The molecule has 0 aliphatic carbocycles. The number of amides is 2. The molecule has 3 heterocycles. The van der Waals surface area contributed by atoms with E-state index in [2.05, 4.69) is 22.5 Å². The summed E-state index contributed by atoms with van der Waals surface area (Å²) >= 11 is 0. The Bertz CT molecular complexity index is 1210. The van der Waals surface area contributed by atoms with Crippen LogP contribution in [0, 0.1) is 11.8 Å². The number of hydrogen-bond donors (Lipinski definition) is 2. The number of carbonyl (C=O) groups excluding carboxylic acids is 2. The van der Waals surface area contributed by atoms with E-state index in [-0.39, 0.29) is 17.7 Å². The molecule has 0 bridgehead atoms. The number of nitrogens with one attached hydrogen (secondary N) is 2. The van der Waals surface area contributed by atoms with Gasteiger partial charge >= 0.3 is 0 Å². The van der Waals surface area contributed by atoms with E-state index in [4.69, 9.17) is 9.15 Å². The van der Waals surface area contributed by atoms with Gasteiger partial charge in [-0.25, -0.2) is 0 Å². The Balaban J connectivity index is 1.40. The van der Waals surface area contributed by atoms with Gasteiger partial charge in [-0.3, -0.25) is 14.9 Å². The Hall–Kier alpha value is -3.14. The molecule has 2 saturated heterocycles. The molecule has 5 rings (SSSR count). The van der Waals surface area contributed by atoms with Crippen molar-refractivity contribution in [1.82, 2.24) is 10.6 Å². The third-order valence-corrected chi connectivity index (χ3v) is 6.11. The molecule has 2 aromatic carbocycles. The van der Waals surface area contributed by atoms with E-state index in [1.54, 1.807) is 6.26 Å². The minimum Gasteiger partial charge on any atom is -0.464 e. The Morgan fingerprint density at radius 3 is 2.81 bits per heavy atom. The summed E-state index contributed by atoms with van der Waals surface area (Å²) in [7, 11) is 0. The lowest BCUT2D eigenvalue weighted by Crippen LogP contribution is -2.39. The molecule has 1 atom stereocenters. The van der Waals surface area contributed by atoms with Crippen molar-refractivity contribution in [1.29, 1.82) is 0 Å². The van der Waals surface area contributed by atoms with Crippen molar-refractivity contribution in [3.63, 3.8) is 0 Å². The molecule has 6 heteroatoms. The average Bonchev–Trinajstić information content (AvgIpc) is 3.21. The van der Waals surface area contributed by atoms with Crippen LogP contribution in [0.5, 0.6) is 0 Å². The average molecular weight is 416 g/mol. The number of imide groups is 1. The van der Waals surface area contributed by atoms with Gasteiger partial charge < -0.3 is 14.5 Å². The molecule has 2 aliphatic heterocycles. The Morgan fingerprint density at radius 2 is 1.97 bits per heavy atom. The summed E-state index contributed by atoms with van der Waals surface area (Å²) in [6, 6.07) is 9.99. The van der Waals surface area contributed by atoms with Crippen molar-refractivity contribution in [3.05, 3.63) is 47.7 Å². The Morgan fingerprint density at radius 1 is 1.10 bits per heavy atom. The molecule has 1 unspecified atom stereocenters. The zero-order valence-corrected chi connectivity index (χ0v) is 17.2. The second-order valence-electron chi connectivity index (χ2n) is 8.13. The maximum absolute atomic E-state index is 12.4. The van der Waals surface area contributed by atoms with Crippen molar-refractivity contribution in [3.8, 4) is 11.8 Å². The smallest absolute Gasteiger partial charge is 0.234 e. The predicted octanol–water partition coefficient (Wildman–Crippen LogP) is 3.23. The fraction of sp³-hybridized carbons (Fsp3) is 0.360. The number of piperidine rings is 2. The van der Waals surface area contributed by atoms with Gasteiger partial charge in [-0.05, 0) is 61.3 Å². The third-order valence-electron chi connectivity index (χ3n) is 6.11. The topological polar surface area (TPSA) is 80.6 Å². The van der Waals surface area contributed by atoms with Crippen molar-refractivity contribution in [2.45, 2.75) is 37.7 Å². The van der Waals surface area contributed by atoms with E-state index in [0.717, 1.165) is 58.8 Å². The maximum Gasteiger partial charge on any atom is 0.234 e. The van der Waals surface area contributed by atoms with Gasteiger partial charge in [0.2, 0.25) is 11.8 Å². The molecule has 0 radical (unpaired) electrons. The quantitative estimate of drug-likeness (QED) is 0.506. The van der Waals surface area contributed by atoms with Crippen LogP contribution in [-0.4, -0.2) is 37.6 Å². The zero-order valence-electron chi connectivity index (χ0n) is 17.2. The van der Waals surface area contributed by atoms with E-state index >= 15 is 0 Å². The molecule has 158 valence electrons. The number of rotatable bonds is 3.